The number of likely N-dealkylation sites (tertiary alicyclic amines) is 1. The van der Waals surface area contributed by atoms with Crippen LogP contribution in [0.5, 0.6) is 11.5 Å². The topological polar surface area (TPSA) is 55.8 Å². The van der Waals surface area contributed by atoms with Crippen LogP contribution in [0, 0.1) is 5.92 Å². The number of rotatable bonds is 3. The summed E-state index contributed by atoms with van der Waals surface area (Å²) in [7, 11) is 0. The quantitative estimate of drug-likeness (QED) is 0.629. The highest BCUT2D eigenvalue weighted by molar-refractivity contribution is 6.09. The molecule has 29 heavy (non-hydrogen) atoms. The van der Waals surface area contributed by atoms with Crippen LogP contribution >= 0.6 is 0 Å². The van der Waals surface area contributed by atoms with E-state index in [1.54, 1.807) is 23.1 Å². The van der Waals surface area contributed by atoms with Crippen molar-refractivity contribution in [3.63, 3.8) is 0 Å². The van der Waals surface area contributed by atoms with E-state index >= 15 is 0 Å². The second-order valence-corrected chi connectivity index (χ2v) is 7.55. The molecule has 1 amide bonds. The molecule has 0 N–H and O–H groups in total. The predicted octanol–water partition coefficient (Wildman–Crippen LogP) is 4.30. The first-order valence-electron chi connectivity index (χ1n) is 9.91. The number of nitrogens with zero attached hydrogens (tertiary/aromatic N) is 1. The van der Waals surface area contributed by atoms with Gasteiger partial charge in [-0.1, -0.05) is 42.5 Å². The molecule has 1 saturated heterocycles. The predicted molar refractivity (Wildman–Crippen MR) is 109 cm³/mol. The van der Waals surface area contributed by atoms with Gasteiger partial charge in [0.1, 0.15) is 0 Å². The molecule has 0 spiro atoms. The first-order chi connectivity index (χ1) is 14.2. The zero-order valence-electron chi connectivity index (χ0n) is 16.0. The summed E-state index contributed by atoms with van der Waals surface area (Å²) in [4.78, 5) is 28.1. The molecular weight excluding hydrogens is 366 g/mol. The molecule has 2 heterocycles. The average Bonchev–Trinajstić information content (AvgIpc) is 3.26. The van der Waals surface area contributed by atoms with Gasteiger partial charge in [-0.2, -0.15) is 0 Å². The van der Waals surface area contributed by atoms with E-state index in [-0.39, 0.29) is 24.4 Å². The molecule has 0 aromatic heterocycles. The van der Waals surface area contributed by atoms with E-state index in [0.29, 0.717) is 30.2 Å². The summed E-state index contributed by atoms with van der Waals surface area (Å²) in [5.74, 6) is 1.11. The normalized spacial score (nSPS) is 18.1. The fraction of sp³-hybridized carbons (Fsp3) is 0.250. The Labute approximate surface area is 168 Å². The molecule has 5 heteroatoms. The lowest BCUT2D eigenvalue weighted by Crippen LogP contribution is -2.42. The molecule has 5 nitrogen and oxygen atoms in total. The molecule has 0 radical (unpaired) electrons. The van der Waals surface area contributed by atoms with E-state index in [0.717, 1.165) is 29.2 Å². The number of carbonyl (C=O) groups excluding carboxylic acids is 2. The second-order valence-electron chi connectivity index (χ2n) is 7.55. The number of carbonyl (C=O) groups is 2. The molecule has 146 valence electrons. The van der Waals surface area contributed by atoms with E-state index in [4.69, 9.17) is 9.47 Å². The fourth-order valence-electron chi connectivity index (χ4n) is 4.25. The van der Waals surface area contributed by atoms with Crippen LogP contribution < -0.4 is 9.47 Å². The number of piperidine rings is 1. The molecule has 1 atom stereocenters. The Morgan fingerprint density at radius 3 is 2.69 bits per heavy atom. The van der Waals surface area contributed by atoms with Crippen molar-refractivity contribution in [1.29, 1.82) is 0 Å². The van der Waals surface area contributed by atoms with Gasteiger partial charge in [0, 0.05) is 30.1 Å². The summed E-state index contributed by atoms with van der Waals surface area (Å²) in [6.07, 6.45) is 1.62. The van der Waals surface area contributed by atoms with Crippen molar-refractivity contribution < 1.29 is 19.1 Å². The Balaban J connectivity index is 1.37. The minimum Gasteiger partial charge on any atom is -0.454 e. The van der Waals surface area contributed by atoms with Crippen LogP contribution in [-0.4, -0.2) is 36.5 Å². The Kier molecular flexibility index (Phi) is 4.43. The summed E-state index contributed by atoms with van der Waals surface area (Å²) < 4.78 is 10.7. The summed E-state index contributed by atoms with van der Waals surface area (Å²) in [5.41, 5.74) is 1.30. The van der Waals surface area contributed by atoms with Crippen LogP contribution in [0.2, 0.25) is 0 Å². The lowest BCUT2D eigenvalue weighted by atomic mass is 9.87. The van der Waals surface area contributed by atoms with Crippen LogP contribution in [0.25, 0.3) is 10.8 Å². The van der Waals surface area contributed by atoms with Crippen LogP contribution in [0.15, 0.2) is 60.7 Å². The van der Waals surface area contributed by atoms with Gasteiger partial charge in [0.05, 0.1) is 0 Å². The molecule has 2 aliphatic heterocycles. The van der Waals surface area contributed by atoms with Crippen molar-refractivity contribution in [1.82, 2.24) is 4.90 Å². The van der Waals surface area contributed by atoms with E-state index in [1.807, 2.05) is 42.5 Å². The first kappa shape index (κ1) is 17.7. The van der Waals surface area contributed by atoms with Gasteiger partial charge in [-0.05, 0) is 41.8 Å². The number of fused-ring (bicyclic) bond motifs is 2. The van der Waals surface area contributed by atoms with Crippen molar-refractivity contribution in [2.45, 2.75) is 12.8 Å². The summed E-state index contributed by atoms with van der Waals surface area (Å²) in [6.45, 7) is 1.28. The molecular formula is C24H21NO4. The third-order valence-corrected chi connectivity index (χ3v) is 5.75. The number of hydrogen-bond acceptors (Lipinski definition) is 4. The zero-order chi connectivity index (χ0) is 19.8. The van der Waals surface area contributed by atoms with E-state index in [1.165, 1.54) is 0 Å². The van der Waals surface area contributed by atoms with E-state index in [2.05, 4.69) is 0 Å². The third kappa shape index (κ3) is 3.23. The number of hydrogen-bond donors (Lipinski definition) is 0. The van der Waals surface area contributed by atoms with Crippen LogP contribution in [0.4, 0.5) is 0 Å². The molecule has 2 aliphatic rings. The number of Topliss-reactive ketones (excluding diaryl/α,β-unsaturated/α-hetero) is 1. The highest BCUT2D eigenvalue weighted by Crippen LogP contribution is 2.33. The number of benzene rings is 3. The summed E-state index contributed by atoms with van der Waals surface area (Å²) in [6, 6.07) is 19.0. The smallest absolute Gasteiger partial charge is 0.254 e. The van der Waals surface area contributed by atoms with Crippen molar-refractivity contribution in [2.75, 3.05) is 19.9 Å². The fourth-order valence-corrected chi connectivity index (χ4v) is 4.25. The van der Waals surface area contributed by atoms with Gasteiger partial charge in [0.25, 0.3) is 5.91 Å². The molecule has 3 aromatic carbocycles. The van der Waals surface area contributed by atoms with Crippen molar-refractivity contribution in [2.24, 2.45) is 5.92 Å². The first-order valence-corrected chi connectivity index (χ1v) is 9.91. The van der Waals surface area contributed by atoms with Gasteiger partial charge in [-0.25, -0.2) is 0 Å². The molecule has 1 fully saturated rings. The summed E-state index contributed by atoms with van der Waals surface area (Å²) >= 11 is 0. The third-order valence-electron chi connectivity index (χ3n) is 5.75. The lowest BCUT2D eigenvalue weighted by molar-refractivity contribution is 0.0637. The molecule has 0 bridgehead atoms. The molecule has 0 aliphatic carbocycles. The Hall–Kier alpha value is -3.34. The Morgan fingerprint density at radius 2 is 1.76 bits per heavy atom. The highest BCUT2D eigenvalue weighted by atomic mass is 16.7. The maximum Gasteiger partial charge on any atom is 0.254 e. The molecule has 0 unspecified atom stereocenters. The number of ketones is 1. The Bertz CT molecular complexity index is 1100. The van der Waals surface area contributed by atoms with Crippen LogP contribution in [-0.2, 0) is 0 Å². The number of amides is 1. The van der Waals surface area contributed by atoms with Gasteiger partial charge in [-0.3, -0.25) is 9.59 Å². The monoisotopic (exact) mass is 387 g/mol. The molecule has 3 aromatic rings. The lowest BCUT2D eigenvalue weighted by Gasteiger charge is -2.32. The van der Waals surface area contributed by atoms with Gasteiger partial charge in [0.15, 0.2) is 17.3 Å². The standard InChI is InChI=1S/C24H21NO4/c26-23(20-9-3-6-16-5-1-2-8-19(16)20)18-7-4-12-25(14-18)24(27)17-10-11-21-22(13-17)29-15-28-21/h1-3,5-6,8-11,13,18H,4,7,12,14-15H2/t18-/m1/s1. The van der Waals surface area contributed by atoms with Gasteiger partial charge in [-0.15, -0.1) is 0 Å². The minimum absolute atomic E-state index is 0.0706. The van der Waals surface area contributed by atoms with Crippen LogP contribution in [0.1, 0.15) is 33.6 Å². The van der Waals surface area contributed by atoms with Crippen molar-refractivity contribution in [3.8, 4) is 11.5 Å². The second kappa shape index (κ2) is 7.24. The summed E-state index contributed by atoms with van der Waals surface area (Å²) in [5, 5.41) is 2.03. The zero-order valence-corrected chi connectivity index (χ0v) is 16.0. The van der Waals surface area contributed by atoms with Crippen LogP contribution in [0.3, 0.4) is 0 Å². The van der Waals surface area contributed by atoms with Gasteiger partial charge in [0.2, 0.25) is 6.79 Å². The number of ether oxygens (including phenoxy) is 2. The molecule has 5 rings (SSSR count). The Morgan fingerprint density at radius 1 is 0.931 bits per heavy atom. The van der Waals surface area contributed by atoms with E-state index in [9.17, 15) is 9.59 Å². The average molecular weight is 387 g/mol. The maximum absolute atomic E-state index is 13.3. The van der Waals surface area contributed by atoms with Gasteiger partial charge >= 0.3 is 0 Å². The van der Waals surface area contributed by atoms with Crippen molar-refractivity contribution >= 4 is 22.5 Å². The van der Waals surface area contributed by atoms with Crippen molar-refractivity contribution in [3.05, 3.63) is 71.8 Å². The van der Waals surface area contributed by atoms with Gasteiger partial charge < -0.3 is 14.4 Å². The molecule has 0 saturated carbocycles. The largest absolute Gasteiger partial charge is 0.454 e. The highest BCUT2D eigenvalue weighted by Gasteiger charge is 2.30. The SMILES string of the molecule is O=C(c1cccc2ccccc12)[C@@H]1CCCN(C(=O)c2ccc3c(c2)OCO3)C1. The minimum atomic E-state index is -0.187. The maximum atomic E-state index is 13.3. The van der Waals surface area contributed by atoms with E-state index < -0.39 is 0 Å².